The van der Waals surface area contributed by atoms with Gasteiger partial charge in [0, 0.05) is 24.1 Å². The van der Waals surface area contributed by atoms with Gasteiger partial charge in [-0.1, -0.05) is 77.8 Å². The van der Waals surface area contributed by atoms with Gasteiger partial charge in [-0.05, 0) is 68.1 Å². The number of allylic oxidation sites excluding steroid dienone is 2. The molecule has 0 heterocycles. The highest BCUT2D eigenvalue weighted by molar-refractivity contribution is 6.42. The predicted octanol–water partition coefficient (Wildman–Crippen LogP) is 8.20. The molecule has 2 N–H and O–H groups in total. The number of aliphatic hydroxyl groups is 1. The Hall–Kier alpha value is -3.06. The zero-order valence-corrected chi connectivity index (χ0v) is 27.6. The fourth-order valence-corrected chi connectivity index (χ4v) is 5.70. The van der Waals surface area contributed by atoms with Crippen LogP contribution in [0.1, 0.15) is 49.7 Å². The van der Waals surface area contributed by atoms with Crippen LogP contribution in [-0.2, 0) is 15.2 Å². The van der Waals surface area contributed by atoms with Crippen molar-refractivity contribution in [1.29, 1.82) is 0 Å². The Kier molecular flexibility index (Phi) is 13.4. The SMILES string of the molecule is CCC(O)(CCNCCC(/C(CN(C)C(=O)C1=CC(C(F)(F)F)CC(C(F)(F)F)=C1)=N/OC)c1ccc(Cl)c(Cl)c1)c1ccccc1. The zero-order valence-electron chi connectivity index (χ0n) is 26.1. The van der Waals surface area contributed by atoms with Gasteiger partial charge >= 0.3 is 12.4 Å². The smallest absolute Gasteiger partial charge is 0.399 e. The largest absolute Gasteiger partial charge is 0.412 e. The second-order valence-electron chi connectivity index (χ2n) is 11.3. The standard InChI is InChI=1S/C33H37Cl2F6N3O3/c1-4-31(46,23-8-6-5-7-9-23)13-15-42-14-12-26(21-10-11-27(34)28(35)18-21)29(43-47-3)20-44(2)30(45)22-16-24(32(36,37)38)19-25(17-22)33(39,40)41/h5-11,16-18,24,26,42,46H,4,12-15,19-20H2,1-3H3/b43-29+. The lowest BCUT2D eigenvalue weighted by atomic mass is 9.87. The van der Waals surface area contributed by atoms with Gasteiger partial charge in [0.25, 0.3) is 5.91 Å². The molecule has 0 aliphatic heterocycles. The summed E-state index contributed by atoms with van der Waals surface area (Å²) in [6.45, 7) is 2.45. The highest BCUT2D eigenvalue weighted by atomic mass is 35.5. The van der Waals surface area contributed by atoms with Crippen molar-refractivity contribution in [3.8, 4) is 0 Å². The average Bonchev–Trinajstić information content (AvgIpc) is 3.02. The van der Waals surface area contributed by atoms with Gasteiger partial charge < -0.3 is 20.2 Å². The molecule has 47 heavy (non-hydrogen) atoms. The van der Waals surface area contributed by atoms with E-state index in [2.05, 4.69) is 10.5 Å². The first-order valence-corrected chi connectivity index (χ1v) is 15.6. The number of halogens is 8. The molecule has 1 aliphatic carbocycles. The number of hydrogen-bond acceptors (Lipinski definition) is 5. The Morgan fingerprint density at radius 2 is 1.77 bits per heavy atom. The van der Waals surface area contributed by atoms with Crippen LogP contribution in [0.4, 0.5) is 26.3 Å². The second kappa shape index (κ2) is 16.4. The van der Waals surface area contributed by atoms with Crippen LogP contribution >= 0.6 is 23.2 Å². The quantitative estimate of drug-likeness (QED) is 0.0899. The summed E-state index contributed by atoms with van der Waals surface area (Å²) in [4.78, 5) is 19.3. The molecule has 258 valence electrons. The molecule has 0 radical (unpaired) electrons. The fourth-order valence-electron chi connectivity index (χ4n) is 5.40. The predicted molar refractivity (Wildman–Crippen MR) is 170 cm³/mol. The van der Waals surface area contributed by atoms with Crippen LogP contribution in [0.5, 0.6) is 0 Å². The minimum absolute atomic E-state index is 0.245. The van der Waals surface area contributed by atoms with Crippen LogP contribution in [0.25, 0.3) is 0 Å². The molecule has 6 nitrogen and oxygen atoms in total. The first-order chi connectivity index (χ1) is 22.0. The summed E-state index contributed by atoms with van der Waals surface area (Å²) in [6, 6.07) is 14.2. The van der Waals surface area contributed by atoms with Crippen LogP contribution in [-0.4, -0.2) is 67.8 Å². The summed E-state index contributed by atoms with van der Waals surface area (Å²) < 4.78 is 81.0. The molecule has 0 bridgehead atoms. The lowest BCUT2D eigenvalue weighted by Crippen LogP contribution is -2.37. The highest BCUT2D eigenvalue weighted by Crippen LogP contribution is 2.42. The van der Waals surface area contributed by atoms with Crippen molar-refractivity contribution in [2.24, 2.45) is 11.1 Å². The van der Waals surface area contributed by atoms with Crippen molar-refractivity contribution < 1.29 is 41.1 Å². The van der Waals surface area contributed by atoms with E-state index in [4.69, 9.17) is 28.0 Å². The van der Waals surface area contributed by atoms with E-state index in [-0.39, 0.29) is 17.3 Å². The molecular weight excluding hydrogens is 671 g/mol. The highest BCUT2D eigenvalue weighted by Gasteiger charge is 2.46. The first-order valence-electron chi connectivity index (χ1n) is 14.9. The molecule has 1 amide bonds. The lowest BCUT2D eigenvalue weighted by Gasteiger charge is -2.28. The molecule has 0 spiro atoms. The molecule has 2 aromatic carbocycles. The van der Waals surface area contributed by atoms with Crippen molar-refractivity contribution in [2.75, 3.05) is 33.8 Å². The Morgan fingerprint density at radius 1 is 1.09 bits per heavy atom. The van der Waals surface area contributed by atoms with E-state index in [0.29, 0.717) is 55.1 Å². The number of likely N-dealkylation sites (N-methyl/N-ethyl adjacent to an activating group) is 1. The normalized spacial score (nSPS) is 17.8. The summed E-state index contributed by atoms with van der Waals surface area (Å²) in [5, 5.41) is 19.1. The summed E-state index contributed by atoms with van der Waals surface area (Å²) in [5.74, 6) is -4.07. The maximum Gasteiger partial charge on any atom is 0.412 e. The van der Waals surface area contributed by atoms with E-state index in [0.717, 1.165) is 10.5 Å². The number of hydrogen-bond donors (Lipinski definition) is 2. The van der Waals surface area contributed by atoms with Crippen LogP contribution in [0, 0.1) is 5.92 Å². The van der Waals surface area contributed by atoms with E-state index >= 15 is 0 Å². The minimum atomic E-state index is -5.04. The Morgan fingerprint density at radius 3 is 2.34 bits per heavy atom. The Labute approximate surface area is 280 Å². The van der Waals surface area contributed by atoms with Crippen LogP contribution in [0.2, 0.25) is 10.0 Å². The van der Waals surface area contributed by atoms with Gasteiger partial charge in [-0.15, -0.1) is 0 Å². The number of benzene rings is 2. The lowest BCUT2D eigenvalue weighted by molar-refractivity contribution is -0.166. The third kappa shape index (κ3) is 10.5. The summed E-state index contributed by atoms with van der Waals surface area (Å²) in [7, 11) is 2.53. The van der Waals surface area contributed by atoms with Crippen LogP contribution in [0.15, 0.2) is 77.0 Å². The summed E-state index contributed by atoms with van der Waals surface area (Å²) in [5.41, 5.74) is -1.50. The summed E-state index contributed by atoms with van der Waals surface area (Å²) in [6.07, 6.45) is -9.05. The van der Waals surface area contributed by atoms with Gasteiger partial charge in [0.2, 0.25) is 0 Å². The van der Waals surface area contributed by atoms with Gasteiger partial charge in [-0.25, -0.2) is 0 Å². The van der Waals surface area contributed by atoms with Gasteiger partial charge in [0.05, 0.1) is 33.8 Å². The maximum absolute atomic E-state index is 13.5. The molecule has 14 heteroatoms. The molecule has 3 unspecified atom stereocenters. The maximum atomic E-state index is 13.5. The van der Waals surface area contributed by atoms with Gasteiger partial charge in [0.1, 0.15) is 7.11 Å². The van der Waals surface area contributed by atoms with Crippen molar-refractivity contribution in [3.63, 3.8) is 0 Å². The van der Waals surface area contributed by atoms with Crippen molar-refractivity contribution in [2.45, 2.75) is 56.5 Å². The topological polar surface area (TPSA) is 74.2 Å². The number of amides is 1. The average molecular weight is 709 g/mol. The molecule has 0 fully saturated rings. The Balaban J connectivity index is 1.82. The number of rotatable bonds is 14. The number of nitrogens with zero attached hydrogens (tertiary/aromatic N) is 2. The van der Waals surface area contributed by atoms with E-state index in [9.17, 15) is 36.2 Å². The van der Waals surface area contributed by atoms with Gasteiger partial charge in [-0.3, -0.25) is 4.79 Å². The van der Waals surface area contributed by atoms with E-state index < -0.39 is 53.3 Å². The number of nitrogens with one attached hydrogen (secondary N) is 1. The summed E-state index contributed by atoms with van der Waals surface area (Å²) >= 11 is 12.4. The van der Waals surface area contributed by atoms with E-state index in [1.54, 1.807) is 18.2 Å². The van der Waals surface area contributed by atoms with Gasteiger partial charge in [0.15, 0.2) is 0 Å². The monoisotopic (exact) mass is 707 g/mol. The number of carbonyl (C=O) groups is 1. The fraction of sp³-hybridized carbons (Fsp3) is 0.455. The third-order valence-corrected chi connectivity index (χ3v) is 8.84. The molecule has 3 atom stereocenters. The molecular formula is C33H37Cl2F6N3O3. The van der Waals surface area contributed by atoms with Crippen LogP contribution in [0.3, 0.4) is 0 Å². The molecule has 0 saturated carbocycles. The van der Waals surface area contributed by atoms with E-state index in [1.807, 2.05) is 37.3 Å². The molecule has 2 aromatic rings. The number of oxime groups is 1. The minimum Gasteiger partial charge on any atom is -0.399 e. The Bertz CT molecular complexity index is 1460. The zero-order chi connectivity index (χ0) is 35.0. The van der Waals surface area contributed by atoms with Crippen molar-refractivity contribution in [3.05, 3.63) is 93.0 Å². The van der Waals surface area contributed by atoms with Crippen molar-refractivity contribution >= 4 is 34.8 Å². The van der Waals surface area contributed by atoms with Gasteiger partial charge in [-0.2, -0.15) is 26.3 Å². The molecule has 0 aromatic heterocycles. The number of alkyl halides is 6. The molecule has 3 rings (SSSR count). The van der Waals surface area contributed by atoms with E-state index in [1.165, 1.54) is 14.2 Å². The number of carbonyl (C=O) groups excluding carboxylic acids is 1. The van der Waals surface area contributed by atoms with Crippen molar-refractivity contribution in [1.82, 2.24) is 10.2 Å². The molecule has 1 aliphatic rings. The second-order valence-corrected chi connectivity index (χ2v) is 12.1. The third-order valence-electron chi connectivity index (χ3n) is 8.11. The molecule has 0 saturated heterocycles. The van der Waals surface area contributed by atoms with Crippen LogP contribution < -0.4 is 5.32 Å². The first kappa shape index (κ1) is 38.4.